The van der Waals surface area contributed by atoms with Gasteiger partial charge in [-0.15, -0.1) is 0 Å². The molecule has 0 N–H and O–H groups in total. The number of benzene rings is 1. The molecule has 0 saturated heterocycles. The maximum Gasteiger partial charge on any atom is 0.144 e. The smallest absolute Gasteiger partial charge is 0.144 e. The molecule has 0 radical (unpaired) electrons. The molecule has 1 heterocycles. The molecule has 4 nitrogen and oxygen atoms in total. The Kier molecular flexibility index (Phi) is 3.23. The summed E-state index contributed by atoms with van der Waals surface area (Å²) in [5.74, 6) is 0.761. The molecule has 1 aromatic heterocycles. The Labute approximate surface area is 101 Å². The van der Waals surface area contributed by atoms with E-state index in [1.165, 1.54) is 0 Å². The summed E-state index contributed by atoms with van der Waals surface area (Å²) in [4.78, 5) is 8.65. The van der Waals surface area contributed by atoms with Crippen molar-refractivity contribution in [2.45, 2.75) is 6.92 Å². The maximum atomic E-state index is 5.23. The molecule has 0 bridgehead atoms. The van der Waals surface area contributed by atoms with E-state index in [9.17, 15) is 0 Å². The van der Waals surface area contributed by atoms with Crippen LogP contribution in [0.1, 0.15) is 11.4 Å². The van der Waals surface area contributed by atoms with Crippen molar-refractivity contribution in [2.75, 3.05) is 7.11 Å². The Balaban J connectivity index is 2.29. The number of hydrogen-bond acceptors (Lipinski definition) is 3. The van der Waals surface area contributed by atoms with E-state index in [0.717, 1.165) is 22.8 Å². The number of ether oxygens (including phenoxy) is 1. The van der Waals surface area contributed by atoms with Crippen LogP contribution in [0.25, 0.3) is 0 Å². The van der Waals surface area contributed by atoms with Gasteiger partial charge in [-0.25, -0.2) is 4.98 Å². The topological polar surface area (TPSA) is 39.4 Å². The molecule has 0 aliphatic carbocycles. The van der Waals surface area contributed by atoms with Crippen molar-refractivity contribution in [1.29, 1.82) is 0 Å². The molecule has 0 aliphatic heterocycles. The van der Waals surface area contributed by atoms with E-state index < -0.39 is 0 Å². The van der Waals surface area contributed by atoms with E-state index in [0.29, 0.717) is 0 Å². The van der Waals surface area contributed by atoms with Gasteiger partial charge in [0.05, 0.1) is 19.7 Å². The molecule has 17 heavy (non-hydrogen) atoms. The largest absolute Gasteiger partial charge is 0.494 e. The summed E-state index contributed by atoms with van der Waals surface area (Å²) in [5.41, 5.74) is 2.77. The number of para-hydroxylation sites is 2. The third-order valence-corrected chi connectivity index (χ3v) is 2.68. The number of rotatable bonds is 3. The molecule has 2 rings (SSSR count). The Hall–Kier alpha value is -2.10. The first-order valence-electron chi connectivity index (χ1n) is 5.37. The van der Waals surface area contributed by atoms with Crippen molar-refractivity contribution in [3.8, 4) is 5.75 Å². The van der Waals surface area contributed by atoms with Gasteiger partial charge in [0.15, 0.2) is 0 Å². The van der Waals surface area contributed by atoms with Crippen LogP contribution >= 0.6 is 0 Å². The number of nitrogens with zero attached hydrogens (tertiary/aromatic N) is 3. The minimum atomic E-state index is 0.761. The lowest BCUT2D eigenvalue weighted by molar-refractivity contribution is 0.416. The fourth-order valence-electron chi connectivity index (χ4n) is 1.50. The third kappa shape index (κ3) is 2.36. The van der Waals surface area contributed by atoms with Gasteiger partial charge in [0.25, 0.3) is 0 Å². The van der Waals surface area contributed by atoms with Gasteiger partial charge in [0, 0.05) is 12.7 Å². The van der Waals surface area contributed by atoms with Gasteiger partial charge in [-0.2, -0.15) is 0 Å². The van der Waals surface area contributed by atoms with Crippen LogP contribution in [0.4, 0.5) is 5.69 Å². The molecule has 0 saturated carbocycles. The van der Waals surface area contributed by atoms with Crippen LogP contribution in [-0.4, -0.2) is 22.9 Å². The van der Waals surface area contributed by atoms with Crippen molar-refractivity contribution in [3.05, 3.63) is 42.0 Å². The van der Waals surface area contributed by atoms with E-state index in [4.69, 9.17) is 4.74 Å². The average molecular weight is 229 g/mol. The van der Waals surface area contributed by atoms with Gasteiger partial charge >= 0.3 is 0 Å². The number of aliphatic imine (C=N–C) groups is 1. The highest BCUT2D eigenvalue weighted by Gasteiger charge is 2.02. The molecule has 1 aromatic carbocycles. The Bertz CT molecular complexity index is 543. The van der Waals surface area contributed by atoms with Crippen LogP contribution in [-0.2, 0) is 7.05 Å². The van der Waals surface area contributed by atoms with Crippen LogP contribution in [0, 0.1) is 6.92 Å². The summed E-state index contributed by atoms with van der Waals surface area (Å²) in [6.07, 6.45) is 3.53. The van der Waals surface area contributed by atoms with Gasteiger partial charge in [-0.1, -0.05) is 12.1 Å². The van der Waals surface area contributed by atoms with Gasteiger partial charge in [0.2, 0.25) is 0 Å². The summed E-state index contributed by atoms with van der Waals surface area (Å²) in [6, 6.07) is 7.65. The molecule has 0 amide bonds. The molecular weight excluding hydrogens is 214 g/mol. The lowest BCUT2D eigenvalue weighted by Gasteiger charge is -2.02. The van der Waals surface area contributed by atoms with E-state index in [-0.39, 0.29) is 0 Å². The Morgan fingerprint density at radius 3 is 2.76 bits per heavy atom. The molecule has 4 heteroatoms. The number of imidazole rings is 1. The molecule has 0 aliphatic rings. The summed E-state index contributed by atoms with van der Waals surface area (Å²) in [5, 5.41) is 0. The Morgan fingerprint density at radius 2 is 2.12 bits per heavy atom. The summed E-state index contributed by atoms with van der Waals surface area (Å²) in [7, 11) is 3.60. The zero-order valence-electron chi connectivity index (χ0n) is 10.2. The van der Waals surface area contributed by atoms with Crippen molar-refractivity contribution in [2.24, 2.45) is 12.0 Å². The second kappa shape index (κ2) is 4.82. The van der Waals surface area contributed by atoms with Gasteiger partial charge in [0.1, 0.15) is 17.1 Å². The minimum absolute atomic E-state index is 0.761. The fraction of sp³-hybridized carbons (Fsp3) is 0.231. The predicted octanol–water partition coefficient (Wildman–Crippen LogP) is 2.49. The van der Waals surface area contributed by atoms with Crippen LogP contribution in [0.3, 0.4) is 0 Å². The number of aryl methyl sites for hydroxylation is 1. The molecular formula is C13H15N3O. The van der Waals surface area contributed by atoms with Crippen molar-refractivity contribution >= 4 is 11.9 Å². The molecule has 0 unspecified atom stereocenters. The SMILES string of the molecule is COc1ccccc1N=Cc1ncn(C)c1C. The highest BCUT2D eigenvalue weighted by atomic mass is 16.5. The standard InChI is InChI=1S/C13H15N3O/c1-10-12(15-9-16(10)2)8-14-11-6-4-5-7-13(11)17-3/h4-9H,1-3H3. The van der Waals surface area contributed by atoms with Crippen LogP contribution in [0.5, 0.6) is 5.75 Å². The molecule has 2 aromatic rings. The minimum Gasteiger partial charge on any atom is -0.494 e. The highest BCUT2D eigenvalue weighted by molar-refractivity contribution is 5.81. The fourth-order valence-corrected chi connectivity index (χ4v) is 1.50. The average Bonchev–Trinajstić information content (AvgIpc) is 2.68. The zero-order chi connectivity index (χ0) is 12.3. The molecule has 88 valence electrons. The number of aromatic nitrogens is 2. The van der Waals surface area contributed by atoms with E-state index in [2.05, 4.69) is 9.98 Å². The van der Waals surface area contributed by atoms with Crippen LogP contribution in [0.15, 0.2) is 35.6 Å². The van der Waals surface area contributed by atoms with E-state index in [1.54, 1.807) is 19.7 Å². The molecule has 0 atom stereocenters. The second-order valence-electron chi connectivity index (χ2n) is 3.76. The first kappa shape index (κ1) is 11.4. The number of methoxy groups -OCH3 is 1. The zero-order valence-corrected chi connectivity index (χ0v) is 10.2. The summed E-state index contributed by atoms with van der Waals surface area (Å²) >= 11 is 0. The van der Waals surface area contributed by atoms with Crippen molar-refractivity contribution in [1.82, 2.24) is 9.55 Å². The first-order chi connectivity index (χ1) is 8.22. The van der Waals surface area contributed by atoms with E-state index >= 15 is 0 Å². The third-order valence-electron chi connectivity index (χ3n) is 2.68. The van der Waals surface area contributed by atoms with Crippen molar-refractivity contribution < 1.29 is 4.74 Å². The lowest BCUT2D eigenvalue weighted by Crippen LogP contribution is -1.91. The maximum absolute atomic E-state index is 5.23. The van der Waals surface area contributed by atoms with Crippen LogP contribution < -0.4 is 4.74 Å². The summed E-state index contributed by atoms with van der Waals surface area (Å²) < 4.78 is 7.19. The quantitative estimate of drug-likeness (QED) is 0.758. The highest BCUT2D eigenvalue weighted by Crippen LogP contribution is 2.26. The predicted molar refractivity (Wildman–Crippen MR) is 68.2 cm³/mol. The number of hydrogen-bond donors (Lipinski definition) is 0. The normalized spacial score (nSPS) is 11.0. The van der Waals surface area contributed by atoms with Gasteiger partial charge < -0.3 is 9.30 Å². The summed E-state index contributed by atoms with van der Waals surface area (Å²) in [6.45, 7) is 2.01. The second-order valence-corrected chi connectivity index (χ2v) is 3.76. The van der Waals surface area contributed by atoms with Gasteiger partial charge in [-0.05, 0) is 19.1 Å². The molecule has 0 fully saturated rings. The van der Waals surface area contributed by atoms with Crippen LogP contribution in [0.2, 0.25) is 0 Å². The van der Waals surface area contributed by atoms with Crippen molar-refractivity contribution in [3.63, 3.8) is 0 Å². The first-order valence-corrected chi connectivity index (χ1v) is 5.37. The molecule has 0 spiro atoms. The van der Waals surface area contributed by atoms with E-state index in [1.807, 2.05) is 42.8 Å². The lowest BCUT2D eigenvalue weighted by atomic mass is 10.3. The monoisotopic (exact) mass is 229 g/mol. The Morgan fingerprint density at radius 1 is 1.35 bits per heavy atom. The van der Waals surface area contributed by atoms with Gasteiger partial charge in [-0.3, -0.25) is 4.99 Å².